The van der Waals surface area contributed by atoms with Crippen LogP contribution in [-0.2, 0) is 10.2 Å². The van der Waals surface area contributed by atoms with Gasteiger partial charge in [0.1, 0.15) is 11.5 Å². The maximum Gasteiger partial charge on any atom is 0.262 e. The topological polar surface area (TPSA) is 90.8 Å². The number of ether oxygens (including phenoxy) is 1. The van der Waals surface area contributed by atoms with Gasteiger partial charge in [0.25, 0.3) is 5.91 Å². The third-order valence-corrected chi connectivity index (χ3v) is 5.12. The smallest absolute Gasteiger partial charge is 0.262 e. The number of rotatable bonds is 6. The minimum absolute atomic E-state index is 0.0217. The number of hydrogen-bond acceptors (Lipinski definition) is 5. The van der Waals surface area contributed by atoms with Crippen LogP contribution in [0.3, 0.4) is 0 Å². The van der Waals surface area contributed by atoms with Crippen LogP contribution in [0.25, 0.3) is 0 Å². The monoisotopic (exact) mass is 354 g/mol. The van der Waals surface area contributed by atoms with Gasteiger partial charge in [0.05, 0.1) is 11.8 Å². The van der Waals surface area contributed by atoms with Crippen molar-refractivity contribution >= 4 is 11.6 Å². The molecule has 0 spiro atoms. The number of phenols is 1. The summed E-state index contributed by atoms with van der Waals surface area (Å²) in [5.74, 6) is 0.118. The number of aromatic hydroxyl groups is 1. The van der Waals surface area contributed by atoms with E-state index in [1.165, 1.54) is 17.7 Å². The Morgan fingerprint density at radius 2 is 2.00 bits per heavy atom. The van der Waals surface area contributed by atoms with Gasteiger partial charge >= 0.3 is 0 Å². The summed E-state index contributed by atoms with van der Waals surface area (Å²) in [5.41, 5.74) is 2.34. The first-order valence-electron chi connectivity index (χ1n) is 8.81. The minimum atomic E-state index is -0.850. The van der Waals surface area contributed by atoms with Gasteiger partial charge in [-0.25, -0.2) is 0 Å². The van der Waals surface area contributed by atoms with Gasteiger partial charge in [-0.1, -0.05) is 30.3 Å². The summed E-state index contributed by atoms with van der Waals surface area (Å²) in [6.07, 6.45) is 1.42. The van der Waals surface area contributed by atoms with Gasteiger partial charge in [-0.05, 0) is 24.5 Å². The van der Waals surface area contributed by atoms with E-state index in [0.717, 1.165) is 19.4 Å². The van der Waals surface area contributed by atoms with Gasteiger partial charge in [0.2, 0.25) is 0 Å². The molecule has 1 aliphatic carbocycles. The SMILES string of the molecule is O=C1COc2c(cc(O)cc2C(O)CNCC2(c3ccccc3)CC2)N1. The van der Waals surface area contributed by atoms with E-state index >= 15 is 0 Å². The van der Waals surface area contributed by atoms with Crippen LogP contribution >= 0.6 is 0 Å². The summed E-state index contributed by atoms with van der Waals surface area (Å²) in [6, 6.07) is 13.3. The molecule has 26 heavy (non-hydrogen) atoms. The van der Waals surface area contributed by atoms with E-state index in [1.807, 2.05) is 6.07 Å². The molecule has 1 unspecified atom stereocenters. The summed E-state index contributed by atoms with van der Waals surface area (Å²) in [7, 11) is 0. The molecular weight excluding hydrogens is 332 g/mol. The molecular formula is C20H22N2O4. The van der Waals surface area contributed by atoms with Crippen molar-refractivity contribution in [1.82, 2.24) is 5.32 Å². The number of aliphatic hydroxyl groups excluding tert-OH is 1. The van der Waals surface area contributed by atoms with Crippen LogP contribution in [0.1, 0.15) is 30.1 Å². The number of nitrogens with one attached hydrogen (secondary N) is 2. The molecule has 1 amide bonds. The van der Waals surface area contributed by atoms with E-state index in [-0.39, 0.29) is 23.7 Å². The van der Waals surface area contributed by atoms with Crippen molar-refractivity contribution in [2.45, 2.75) is 24.4 Å². The third-order valence-electron chi connectivity index (χ3n) is 5.12. The summed E-state index contributed by atoms with van der Waals surface area (Å²) in [5, 5.41) is 26.5. The van der Waals surface area contributed by atoms with E-state index in [4.69, 9.17) is 4.74 Å². The zero-order valence-corrected chi connectivity index (χ0v) is 14.4. The molecule has 2 aliphatic rings. The standard InChI is InChI=1S/C20H22N2O4/c23-14-8-15(19-16(9-14)22-18(25)11-26-19)17(24)10-21-12-20(6-7-20)13-4-2-1-3-5-13/h1-5,8-9,17,21,23-24H,6-7,10-12H2,(H,22,25). The fourth-order valence-electron chi connectivity index (χ4n) is 3.53. The Morgan fingerprint density at radius 3 is 2.73 bits per heavy atom. The molecule has 0 radical (unpaired) electrons. The lowest BCUT2D eigenvalue weighted by Gasteiger charge is -2.24. The molecule has 0 saturated heterocycles. The Kier molecular flexibility index (Phi) is 4.30. The normalized spacial score (nSPS) is 18.4. The summed E-state index contributed by atoms with van der Waals surface area (Å²) in [4.78, 5) is 11.4. The predicted molar refractivity (Wildman–Crippen MR) is 97.4 cm³/mol. The number of anilines is 1. The first kappa shape index (κ1) is 16.9. The lowest BCUT2D eigenvalue weighted by Crippen LogP contribution is -2.31. The largest absolute Gasteiger partial charge is 0.508 e. The van der Waals surface area contributed by atoms with Crippen LogP contribution in [0.15, 0.2) is 42.5 Å². The van der Waals surface area contributed by atoms with Gasteiger partial charge in [-0.15, -0.1) is 0 Å². The molecule has 2 aromatic carbocycles. The molecule has 2 aromatic rings. The van der Waals surface area contributed by atoms with Crippen molar-refractivity contribution in [3.05, 3.63) is 53.6 Å². The van der Waals surface area contributed by atoms with Crippen LogP contribution in [0.2, 0.25) is 0 Å². The van der Waals surface area contributed by atoms with Crippen LogP contribution in [0.4, 0.5) is 5.69 Å². The molecule has 6 heteroatoms. The molecule has 1 atom stereocenters. The Balaban J connectivity index is 1.43. The lowest BCUT2D eigenvalue weighted by molar-refractivity contribution is -0.118. The van der Waals surface area contributed by atoms with E-state index in [0.29, 0.717) is 23.5 Å². The highest BCUT2D eigenvalue weighted by atomic mass is 16.5. The second-order valence-corrected chi connectivity index (χ2v) is 7.04. The summed E-state index contributed by atoms with van der Waals surface area (Å²) >= 11 is 0. The lowest BCUT2D eigenvalue weighted by atomic mass is 9.96. The molecule has 4 rings (SSSR count). The van der Waals surface area contributed by atoms with Crippen LogP contribution in [0, 0.1) is 0 Å². The molecule has 1 heterocycles. The van der Waals surface area contributed by atoms with Crippen molar-refractivity contribution in [3.63, 3.8) is 0 Å². The molecule has 1 saturated carbocycles. The van der Waals surface area contributed by atoms with Gasteiger partial charge in [-0.3, -0.25) is 4.79 Å². The number of phenolic OH excluding ortho intramolecular Hbond substituents is 1. The minimum Gasteiger partial charge on any atom is -0.508 e. The Hall–Kier alpha value is -2.57. The molecule has 6 nitrogen and oxygen atoms in total. The van der Waals surface area contributed by atoms with Gasteiger partial charge in [-0.2, -0.15) is 0 Å². The highest BCUT2D eigenvalue weighted by Crippen LogP contribution is 2.47. The van der Waals surface area contributed by atoms with Gasteiger partial charge in [0, 0.05) is 30.1 Å². The number of benzene rings is 2. The van der Waals surface area contributed by atoms with Crippen molar-refractivity contribution in [2.75, 3.05) is 25.0 Å². The van der Waals surface area contributed by atoms with Gasteiger partial charge < -0.3 is 25.6 Å². The van der Waals surface area contributed by atoms with E-state index in [2.05, 4.69) is 34.9 Å². The fourth-order valence-corrected chi connectivity index (χ4v) is 3.53. The summed E-state index contributed by atoms with van der Waals surface area (Å²) in [6.45, 7) is 1.02. The number of hydrogen-bond donors (Lipinski definition) is 4. The number of fused-ring (bicyclic) bond motifs is 1. The third kappa shape index (κ3) is 3.25. The van der Waals surface area contributed by atoms with Crippen LogP contribution in [0.5, 0.6) is 11.5 Å². The maximum absolute atomic E-state index is 11.4. The zero-order chi connectivity index (χ0) is 18.1. The quantitative estimate of drug-likeness (QED) is 0.638. The average Bonchev–Trinajstić information content (AvgIpc) is 3.42. The number of carbonyl (C=O) groups excluding carboxylic acids is 1. The molecule has 1 aliphatic heterocycles. The average molecular weight is 354 g/mol. The molecule has 1 fully saturated rings. The number of aliphatic hydroxyl groups is 1. The first-order chi connectivity index (χ1) is 12.6. The van der Waals surface area contributed by atoms with Gasteiger partial charge in [0.15, 0.2) is 6.61 Å². The van der Waals surface area contributed by atoms with E-state index in [1.54, 1.807) is 0 Å². The number of carbonyl (C=O) groups is 1. The predicted octanol–water partition coefficient (Wildman–Crippen LogP) is 2.08. The van der Waals surface area contributed by atoms with Crippen molar-refractivity contribution in [2.24, 2.45) is 0 Å². The van der Waals surface area contributed by atoms with E-state index < -0.39 is 6.10 Å². The van der Waals surface area contributed by atoms with Crippen LogP contribution < -0.4 is 15.4 Å². The van der Waals surface area contributed by atoms with Crippen molar-refractivity contribution in [3.8, 4) is 11.5 Å². The Bertz CT molecular complexity index is 818. The highest BCUT2D eigenvalue weighted by molar-refractivity contribution is 5.96. The molecule has 0 aromatic heterocycles. The second kappa shape index (κ2) is 6.63. The van der Waals surface area contributed by atoms with Crippen LogP contribution in [-0.4, -0.2) is 35.8 Å². The summed E-state index contributed by atoms with van der Waals surface area (Å²) < 4.78 is 5.46. The maximum atomic E-state index is 11.4. The molecule has 136 valence electrons. The molecule has 4 N–H and O–H groups in total. The first-order valence-corrected chi connectivity index (χ1v) is 8.81. The van der Waals surface area contributed by atoms with Crippen molar-refractivity contribution < 1.29 is 19.7 Å². The van der Waals surface area contributed by atoms with E-state index in [9.17, 15) is 15.0 Å². The Morgan fingerprint density at radius 1 is 1.23 bits per heavy atom. The number of amides is 1. The molecule has 0 bridgehead atoms. The van der Waals surface area contributed by atoms with Crippen molar-refractivity contribution in [1.29, 1.82) is 0 Å². The zero-order valence-electron chi connectivity index (χ0n) is 14.4. The Labute approximate surface area is 151 Å². The highest BCUT2D eigenvalue weighted by Gasteiger charge is 2.43. The second-order valence-electron chi connectivity index (χ2n) is 7.04. The fraction of sp³-hybridized carbons (Fsp3) is 0.350.